The van der Waals surface area contributed by atoms with Crippen molar-refractivity contribution in [3.63, 3.8) is 0 Å². The highest BCUT2D eigenvalue weighted by molar-refractivity contribution is 6.34. The lowest BCUT2D eigenvalue weighted by Crippen LogP contribution is -2.08. The molecule has 2 aromatic rings. The minimum atomic E-state index is -0.316. The van der Waals surface area contributed by atoms with E-state index in [9.17, 15) is 4.79 Å². The van der Waals surface area contributed by atoms with Gasteiger partial charge in [-0.1, -0.05) is 17.7 Å². The van der Waals surface area contributed by atoms with E-state index in [1.54, 1.807) is 37.5 Å². The van der Waals surface area contributed by atoms with Crippen LogP contribution >= 0.6 is 11.6 Å². The van der Waals surface area contributed by atoms with Crippen LogP contribution in [0, 0.1) is 0 Å². The molecule has 0 bridgehead atoms. The number of carbonyl (C=O) groups excluding carboxylic acids is 1. The van der Waals surface area contributed by atoms with E-state index in [1.165, 1.54) is 6.08 Å². The van der Waals surface area contributed by atoms with Crippen LogP contribution in [0.2, 0.25) is 5.02 Å². The molecule has 0 radical (unpaired) electrons. The van der Waals surface area contributed by atoms with Crippen molar-refractivity contribution >= 4 is 29.3 Å². The van der Waals surface area contributed by atoms with Crippen LogP contribution in [0.4, 0.5) is 5.69 Å². The van der Waals surface area contributed by atoms with E-state index in [0.717, 1.165) is 12.0 Å². The summed E-state index contributed by atoms with van der Waals surface area (Å²) in [6.07, 6.45) is 3.90. The van der Waals surface area contributed by atoms with Crippen LogP contribution < -0.4 is 24.3 Å². The number of hydrogen-bond donors (Lipinski definition) is 1. The molecule has 6 nitrogen and oxygen atoms in total. The molecule has 148 valence electrons. The summed E-state index contributed by atoms with van der Waals surface area (Å²) in [6.45, 7) is 3.58. The predicted molar refractivity (Wildman–Crippen MR) is 109 cm³/mol. The number of ether oxygens (including phenoxy) is 4. The average molecular weight is 404 g/mol. The average Bonchev–Trinajstić information content (AvgIpc) is 2.92. The van der Waals surface area contributed by atoms with Crippen LogP contribution in [-0.2, 0) is 4.79 Å². The third kappa shape index (κ3) is 4.89. The van der Waals surface area contributed by atoms with Gasteiger partial charge in [0.2, 0.25) is 5.91 Å². The van der Waals surface area contributed by atoms with Crippen molar-refractivity contribution in [2.75, 3.05) is 32.2 Å². The van der Waals surface area contributed by atoms with Crippen molar-refractivity contribution in [2.45, 2.75) is 13.3 Å². The van der Waals surface area contributed by atoms with Crippen molar-refractivity contribution in [2.24, 2.45) is 0 Å². The number of carbonyl (C=O) groups is 1. The molecule has 0 aliphatic carbocycles. The molecule has 1 aliphatic heterocycles. The van der Waals surface area contributed by atoms with Crippen LogP contribution in [0.25, 0.3) is 6.08 Å². The van der Waals surface area contributed by atoms with Gasteiger partial charge < -0.3 is 24.3 Å². The first-order chi connectivity index (χ1) is 13.6. The number of fused-ring (bicyclic) bond motifs is 1. The molecule has 0 saturated heterocycles. The quantitative estimate of drug-likeness (QED) is 0.716. The first kappa shape index (κ1) is 19.9. The van der Waals surface area contributed by atoms with Gasteiger partial charge in [-0.25, -0.2) is 0 Å². The molecule has 28 heavy (non-hydrogen) atoms. The van der Waals surface area contributed by atoms with Crippen molar-refractivity contribution in [3.8, 4) is 23.0 Å². The SMILES string of the molecule is CCOc1ccc(/C=C/C(=O)Nc2cc3c(cc2Cl)OCCCO3)cc1OC. The summed E-state index contributed by atoms with van der Waals surface area (Å²) in [6, 6.07) is 8.78. The summed E-state index contributed by atoms with van der Waals surface area (Å²) in [5.41, 5.74) is 1.27. The Morgan fingerprint density at radius 3 is 2.64 bits per heavy atom. The predicted octanol–water partition coefficient (Wildman–Crippen LogP) is 4.56. The summed E-state index contributed by atoms with van der Waals surface area (Å²) in [5.74, 6) is 2.10. The second-order valence-corrected chi connectivity index (χ2v) is 6.40. The first-order valence-corrected chi connectivity index (χ1v) is 9.37. The monoisotopic (exact) mass is 403 g/mol. The van der Waals surface area contributed by atoms with Gasteiger partial charge in [0.05, 0.1) is 37.6 Å². The number of methoxy groups -OCH3 is 1. The van der Waals surface area contributed by atoms with Gasteiger partial charge in [0.25, 0.3) is 0 Å². The van der Waals surface area contributed by atoms with Gasteiger partial charge in [0.1, 0.15) is 0 Å². The van der Waals surface area contributed by atoms with Gasteiger partial charge in [0.15, 0.2) is 23.0 Å². The Morgan fingerprint density at radius 1 is 1.18 bits per heavy atom. The first-order valence-electron chi connectivity index (χ1n) is 8.99. The number of anilines is 1. The highest BCUT2D eigenvalue weighted by Crippen LogP contribution is 2.37. The minimum absolute atomic E-state index is 0.316. The maximum Gasteiger partial charge on any atom is 0.248 e. The molecular weight excluding hydrogens is 382 g/mol. The van der Waals surface area contributed by atoms with Crippen molar-refractivity contribution in [1.29, 1.82) is 0 Å². The number of nitrogens with one attached hydrogen (secondary N) is 1. The molecule has 0 spiro atoms. The normalized spacial score (nSPS) is 13.1. The standard InChI is InChI=1S/C21H22ClNO5/c1-3-26-17-7-5-14(11-18(17)25-2)6-8-21(24)23-16-13-20-19(12-15(16)22)27-9-4-10-28-20/h5-8,11-13H,3-4,9-10H2,1-2H3,(H,23,24)/b8-6+. The van der Waals surface area contributed by atoms with Crippen molar-refractivity contribution in [1.82, 2.24) is 0 Å². The zero-order valence-electron chi connectivity index (χ0n) is 15.8. The van der Waals surface area contributed by atoms with Gasteiger partial charge in [-0.2, -0.15) is 0 Å². The van der Waals surface area contributed by atoms with Gasteiger partial charge in [-0.15, -0.1) is 0 Å². The van der Waals surface area contributed by atoms with Crippen LogP contribution in [0.3, 0.4) is 0 Å². The third-order valence-electron chi connectivity index (χ3n) is 4.01. The number of halogens is 1. The molecule has 0 fully saturated rings. The van der Waals surface area contributed by atoms with E-state index in [0.29, 0.717) is 53.5 Å². The summed E-state index contributed by atoms with van der Waals surface area (Å²) >= 11 is 6.26. The Hall–Kier alpha value is -2.86. The minimum Gasteiger partial charge on any atom is -0.493 e. The van der Waals surface area contributed by atoms with Gasteiger partial charge in [-0.3, -0.25) is 4.79 Å². The summed E-state index contributed by atoms with van der Waals surface area (Å²) < 4.78 is 22.0. The fourth-order valence-electron chi connectivity index (χ4n) is 2.69. The van der Waals surface area contributed by atoms with Crippen LogP contribution in [-0.4, -0.2) is 32.8 Å². The van der Waals surface area contributed by atoms with Gasteiger partial charge in [-0.05, 0) is 30.7 Å². The van der Waals surface area contributed by atoms with Crippen molar-refractivity contribution in [3.05, 3.63) is 47.0 Å². The molecule has 1 amide bonds. The Balaban J connectivity index is 1.71. The fourth-order valence-corrected chi connectivity index (χ4v) is 2.89. The van der Waals surface area contributed by atoms with Gasteiger partial charge in [0, 0.05) is 24.6 Å². The lowest BCUT2D eigenvalue weighted by atomic mass is 10.2. The number of benzene rings is 2. The van der Waals surface area contributed by atoms with E-state index >= 15 is 0 Å². The van der Waals surface area contributed by atoms with Crippen LogP contribution in [0.15, 0.2) is 36.4 Å². The fraction of sp³-hybridized carbons (Fsp3) is 0.286. The molecule has 1 aliphatic rings. The Labute approximate surface area is 169 Å². The van der Waals surface area contributed by atoms with E-state index < -0.39 is 0 Å². The van der Waals surface area contributed by atoms with Crippen molar-refractivity contribution < 1.29 is 23.7 Å². The highest BCUT2D eigenvalue weighted by atomic mass is 35.5. The molecule has 0 atom stereocenters. The lowest BCUT2D eigenvalue weighted by Gasteiger charge is -2.11. The molecule has 1 heterocycles. The number of amides is 1. The summed E-state index contributed by atoms with van der Waals surface area (Å²) in [4.78, 5) is 12.3. The molecule has 7 heteroatoms. The molecule has 0 saturated carbocycles. The lowest BCUT2D eigenvalue weighted by molar-refractivity contribution is -0.111. The summed E-state index contributed by atoms with van der Waals surface area (Å²) in [7, 11) is 1.57. The topological polar surface area (TPSA) is 66.0 Å². The molecule has 1 N–H and O–H groups in total. The number of hydrogen-bond acceptors (Lipinski definition) is 5. The zero-order valence-corrected chi connectivity index (χ0v) is 16.5. The zero-order chi connectivity index (χ0) is 19.9. The maximum absolute atomic E-state index is 12.3. The largest absolute Gasteiger partial charge is 0.493 e. The van der Waals surface area contributed by atoms with E-state index in [2.05, 4.69) is 5.32 Å². The second kappa shape index (κ2) is 9.37. The Kier molecular flexibility index (Phi) is 6.66. The Morgan fingerprint density at radius 2 is 1.93 bits per heavy atom. The van der Waals surface area contributed by atoms with E-state index in [-0.39, 0.29) is 5.91 Å². The summed E-state index contributed by atoms with van der Waals surface area (Å²) in [5, 5.41) is 3.15. The van der Waals surface area contributed by atoms with Gasteiger partial charge >= 0.3 is 0 Å². The smallest absolute Gasteiger partial charge is 0.248 e. The highest BCUT2D eigenvalue weighted by Gasteiger charge is 2.15. The third-order valence-corrected chi connectivity index (χ3v) is 4.32. The molecule has 0 unspecified atom stereocenters. The second-order valence-electron chi connectivity index (χ2n) is 6.00. The molecule has 0 aromatic heterocycles. The molecule has 2 aromatic carbocycles. The van der Waals surface area contributed by atoms with Crippen LogP contribution in [0.5, 0.6) is 23.0 Å². The molecular formula is C21H22ClNO5. The Bertz CT molecular complexity index is 881. The maximum atomic E-state index is 12.3. The number of rotatable bonds is 6. The van der Waals surface area contributed by atoms with Crippen LogP contribution in [0.1, 0.15) is 18.9 Å². The van der Waals surface area contributed by atoms with E-state index in [4.69, 9.17) is 30.5 Å². The molecule has 3 rings (SSSR count). The van der Waals surface area contributed by atoms with E-state index in [1.807, 2.05) is 13.0 Å².